The highest BCUT2D eigenvalue weighted by atomic mass is 79.9. The van der Waals surface area contributed by atoms with E-state index in [1.807, 2.05) is 6.07 Å². The minimum absolute atomic E-state index is 0.626. The molecule has 14 heavy (non-hydrogen) atoms. The van der Waals surface area contributed by atoms with E-state index in [0.717, 1.165) is 11.0 Å². The van der Waals surface area contributed by atoms with Gasteiger partial charge in [-0.05, 0) is 35.8 Å². The van der Waals surface area contributed by atoms with Crippen LogP contribution in [0.4, 0.5) is 5.82 Å². The molecule has 1 rings (SSSR count). The third-order valence-electron chi connectivity index (χ3n) is 1.59. The molecule has 0 spiro atoms. The Morgan fingerprint density at radius 2 is 2.36 bits per heavy atom. The number of hydrogen-bond donors (Lipinski definition) is 1. The summed E-state index contributed by atoms with van der Waals surface area (Å²) in [6.07, 6.45) is 3.80. The molecule has 1 heterocycles. The number of anilines is 1. The average Bonchev–Trinajstić information content (AvgIpc) is 2.08. The van der Waals surface area contributed by atoms with Crippen molar-refractivity contribution in [1.29, 1.82) is 0 Å². The van der Waals surface area contributed by atoms with Crippen molar-refractivity contribution in [3.05, 3.63) is 33.4 Å². The van der Waals surface area contributed by atoms with Crippen molar-refractivity contribution in [1.82, 2.24) is 4.98 Å². The normalized spacial score (nSPS) is 9.71. The van der Waals surface area contributed by atoms with E-state index in [4.69, 9.17) is 11.6 Å². The topological polar surface area (TPSA) is 24.9 Å². The van der Waals surface area contributed by atoms with Gasteiger partial charge >= 0.3 is 0 Å². The van der Waals surface area contributed by atoms with Gasteiger partial charge in [-0.2, -0.15) is 0 Å². The van der Waals surface area contributed by atoms with Crippen molar-refractivity contribution in [2.45, 2.75) is 13.8 Å². The smallest absolute Gasteiger partial charge is 0.145 e. The first-order valence-corrected chi connectivity index (χ1v) is 5.45. The van der Waals surface area contributed by atoms with Gasteiger partial charge in [-0.15, -0.1) is 0 Å². The first-order chi connectivity index (χ1) is 6.59. The van der Waals surface area contributed by atoms with E-state index >= 15 is 0 Å². The van der Waals surface area contributed by atoms with Crippen molar-refractivity contribution in [3.8, 4) is 0 Å². The van der Waals surface area contributed by atoms with Crippen molar-refractivity contribution < 1.29 is 0 Å². The minimum atomic E-state index is 0.626. The van der Waals surface area contributed by atoms with Gasteiger partial charge in [0, 0.05) is 17.2 Å². The lowest BCUT2D eigenvalue weighted by Crippen LogP contribution is -2.01. The van der Waals surface area contributed by atoms with E-state index in [1.165, 1.54) is 5.57 Å². The molecule has 1 N–H and O–H groups in total. The Morgan fingerprint density at radius 1 is 1.64 bits per heavy atom. The van der Waals surface area contributed by atoms with E-state index in [-0.39, 0.29) is 0 Å². The fourth-order valence-electron chi connectivity index (χ4n) is 0.896. The maximum Gasteiger partial charge on any atom is 0.145 e. The first-order valence-electron chi connectivity index (χ1n) is 4.28. The molecule has 0 saturated carbocycles. The van der Waals surface area contributed by atoms with E-state index in [2.05, 4.69) is 46.2 Å². The molecule has 76 valence electrons. The predicted molar refractivity (Wildman–Crippen MR) is 64.9 cm³/mol. The molecule has 0 fully saturated rings. The summed E-state index contributed by atoms with van der Waals surface area (Å²) in [6.45, 7) is 4.85. The van der Waals surface area contributed by atoms with Gasteiger partial charge in [-0.1, -0.05) is 23.3 Å². The van der Waals surface area contributed by atoms with Crippen LogP contribution in [-0.2, 0) is 0 Å². The van der Waals surface area contributed by atoms with Crippen LogP contribution in [0.15, 0.2) is 28.4 Å². The Hall–Kier alpha value is -0.540. The Kier molecular flexibility index (Phi) is 4.42. The Morgan fingerprint density at radius 3 is 2.93 bits per heavy atom. The lowest BCUT2D eigenvalue weighted by molar-refractivity contribution is 1.20. The van der Waals surface area contributed by atoms with Crippen LogP contribution in [0.2, 0.25) is 5.02 Å². The number of nitrogens with one attached hydrogen (secondary N) is 1. The van der Waals surface area contributed by atoms with Gasteiger partial charge in [0.25, 0.3) is 0 Å². The van der Waals surface area contributed by atoms with Crippen LogP contribution < -0.4 is 5.32 Å². The Bertz CT molecular complexity index is 346. The highest BCUT2D eigenvalue weighted by Crippen LogP contribution is 2.22. The number of hydrogen-bond acceptors (Lipinski definition) is 2. The Labute approximate surface area is 97.5 Å². The zero-order valence-electron chi connectivity index (χ0n) is 8.14. The second-order valence-corrected chi connectivity index (χ2v) is 4.47. The molecular weight excluding hydrogens is 263 g/mol. The molecule has 1 aromatic heterocycles. The molecule has 0 bridgehead atoms. The summed E-state index contributed by atoms with van der Waals surface area (Å²) in [5.41, 5.74) is 1.27. The SMILES string of the molecule is CC(C)=CCNc1ncc(Br)cc1Cl. The van der Waals surface area contributed by atoms with Gasteiger partial charge in [-0.25, -0.2) is 4.98 Å². The molecule has 0 aliphatic heterocycles. The summed E-state index contributed by atoms with van der Waals surface area (Å²) < 4.78 is 0.885. The van der Waals surface area contributed by atoms with Crippen molar-refractivity contribution in [2.24, 2.45) is 0 Å². The van der Waals surface area contributed by atoms with E-state index < -0.39 is 0 Å². The molecule has 0 radical (unpaired) electrons. The van der Waals surface area contributed by atoms with Crippen LogP contribution in [0.3, 0.4) is 0 Å². The lowest BCUT2D eigenvalue weighted by atomic mass is 10.3. The highest BCUT2D eigenvalue weighted by Gasteiger charge is 2.00. The number of allylic oxidation sites excluding steroid dienone is 1. The number of pyridine rings is 1. The van der Waals surface area contributed by atoms with Gasteiger partial charge in [0.15, 0.2) is 0 Å². The second-order valence-electron chi connectivity index (χ2n) is 3.15. The summed E-state index contributed by atoms with van der Waals surface area (Å²) >= 11 is 9.27. The third-order valence-corrected chi connectivity index (χ3v) is 2.31. The summed E-state index contributed by atoms with van der Waals surface area (Å²) in [5, 5.41) is 3.76. The quantitative estimate of drug-likeness (QED) is 0.847. The summed E-state index contributed by atoms with van der Waals surface area (Å²) in [7, 11) is 0. The van der Waals surface area contributed by atoms with E-state index in [1.54, 1.807) is 6.20 Å². The monoisotopic (exact) mass is 274 g/mol. The standard InChI is InChI=1S/C10H12BrClN2/c1-7(2)3-4-13-10-9(12)5-8(11)6-14-10/h3,5-6H,4H2,1-2H3,(H,13,14). The minimum Gasteiger partial charge on any atom is -0.365 e. The van der Waals surface area contributed by atoms with Crippen LogP contribution in [0.5, 0.6) is 0 Å². The molecule has 4 heteroatoms. The molecule has 1 aromatic rings. The first kappa shape index (κ1) is 11.5. The third kappa shape index (κ3) is 3.68. The number of nitrogens with zero attached hydrogens (tertiary/aromatic N) is 1. The Balaban J connectivity index is 2.64. The molecule has 0 saturated heterocycles. The van der Waals surface area contributed by atoms with Crippen LogP contribution in [0.1, 0.15) is 13.8 Å². The fourth-order valence-corrected chi connectivity index (χ4v) is 1.59. The second kappa shape index (κ2) is 5.37. The fraction of sp³-hybridized carbons (Fsp3) is 0.300. The maximum atomic E-state index is 5.97. The van der Waals surface area contributed by atoms with Gasteiger partial charge in [0.05, 0.1) is 5.02 Å². The van der Waals surface area contributed by atoms with Gasteiger partial charge in [0.1, 0.15) is 5.82 Å². The van der Waals surface area contributed by atoms with Crippen molar-refractivity contribution >= 4 is 33.3 Å². The molecular formula is C10H12BrClN2. The van der Waals surface area contributed by atoms with Crippen molar-refractivity contribution in [2.75, 3.05) is 11.9 Å². The molecule has 0 amide bonds. The highest BCUT2D eigenvalue weighted by molar-refractivity contribution is 9.10. The number of rotatable bonds is 3. The summed E-state index contributed by atoms with van der Waals surface area (Å²) in [5.74, 6) is 0.715. The number of halogens is 2. The lowest BCUT2D eigenvalue weighted by Gasteiger charge is -2.04. The maximum absolute atomic E-state index is 5.97. The number of aromatic nitrogens is 1. The van der Waals surface area contributed by atoms with Crippen LogP contribution >= 0.6 is 27.5 Å². The molecule has 0 aliphatic carbocycles. The molecule has 0 atom stereocenters. The molecule has 2 nitrogen and oxygen atoms in total. The van der Waals surface area contributed by atoms with Crippen LogP contribution in [0, 0.1) is 0 Å². The summed E-state index contributed by atoms with van der Waals surface area (Å²) in [6, 6.07) is 1.82. The average molecular weight is 276 g/mol. The zero-order valence-corrected chi connectivity index (χ0v) is 10.5. The predicted octanol–water partition coefficient (Wildman–Crippen LogP) is 3.88. The zero-order chi connectivity index (χ0) is 10.6. The molecule has 0 unspecified atom stereocenters. The van der Waals surface area contributed by atoms with Gasteiger partial charge < -0.3 is 5.32 Å². The van der Waals surface area contributed by atoms with E-state index in [9.17, 15) is 0 Å². The summed E-state index contributed by atoms with van der Waals surface area (Å²) in [4.78, 5) is 4.16. The van der Waals surface area contributed by atoms with Crippen LogP contribution in [0.25, 0.3) is 0 Å². The van der Waals surface area contributed by atoms with Crippen molar-refractivity contribution in [3.63, 3.8) is 0 Å². The van der Waals surface area contributed by atoms with Gasteiger partial charge in [-0.3, -0.25) is 0 Å². The molecule has 0 aromatic carbocycles. The van der Waals surface area contributed by atoms with Gasteiger partial charge in [0.2, 0.25) is 0 Å². The van der Waals surface area contributed by atoms with Crippen LogP contribution in [-0.4, -0.2) is 11.5 Å². The molecule has 0 aliphatic rings. The van der Waals surface area contributed by atoms with E-state index in [0.29, 0.717) is 10.8 Å². The largest absolute Gasteiger partial charge is 0.365 e.